The van der Waals surface area contributed by atoms with E-state index in [9.17, 15) is 4.91 Å². The number of rotatable bonds is 3. The molecule has 19 N–H and O–H groups in total. The number of nitroso groups, excluding NO2 is 1. The number of nitrogen functional groups attached to an aromatic ring is 8. The maximum atomic E-state index is 9.60. The van der Waals surface area contributed by atoms with Crippen molar-refractivity contribution in [3.05, 3.63) is 20.3 Å². The normalized spacial score (nSPS) is 8.73. The Kier molecular flexibility index (Phi) is 11.6. The largest absolute Gasteiger partial charge is 0.870 e. The summed E-state index contributed by atoms with van der Waals surface area (Å²) < 4.78 is 2.77. The first kappa shape index (κ1) is 30.1. The molecule has 0 saturated heterocycles. The zero-order valence-corrected chi connectivity index (χ0v) is 18.1. The predicted octanol–water partition coefficient (Wildman–Crippen LogP) is -3.97. The van der Waals surface area contributed by atoms with Gasteiger partial charge in [0.1, 0.15) is 0 Å². The number of nitrogens with zero attached hydrogens (tertiary/aromatic N) is 17. The summed E-state index contributed by atoms with van der Waals surface area (Å²) in [6.07, 6.45) is 0. The van der Waals surface area contributed by atoms with Crippen LogP contribution in [0.4, 0.5) is 47.6 Å². The molecule has 4 aromatic heterocycles. The molecule has 0 aliphatic carbocycles. The number of azide groups is 1. The number of hydrogen-bond donors (Lipinski definition) is 10. The minimum atomic E-state index is -0.118. The van der Waals surface area contributed by atoms with Crippen LogP contribution < -0.4 is 51.6 Å². The predicted molar refractivity (Wildman–Crippen MR) is 124 cm³/mol. The minimum absolute atomic E-state index is 0. The summed E-state index contributed by atoms with van der Waals surface area (Å²) in [4.78, 5) is 18.2. The van der Waals surface area contributed by atoms with E-state index in [1.165, 1.54) is 0 Å². The molecule has 0 spiro atoms. The van der Waals surface area contributed by atoms with E-state index in [0.717, 1.165) is 14.0 Å². The van der Waals surface area contributed by atoms with Gasteiger partial charge in [0.05, 0.1) is 15.8 Å². The number of aromatic nitrogens is 12. The molecule has 0 aliphatic rings. The zero-order chi connectivity index (χ0) is 27.3. The number of diazo groups is 1. The highest BCUT2D eigenvalue weighted by Crippen LogP contribution is 2.05. The van der Waals surface area contributed by atoms with Crippen LogP contribution in [0.3, 0.4) is 0 Å². The van der Waals surface area contributed by atoms with Crippen molar-refractivity contribution >= 4 is 47.6 Å². The van der Waals surface area contributed by atoms with Crippen LogP contribution in [0, 0.1) is 10.3 Å². The summed E-state index contributed by atoms with van der Waals surface area (Å²) in [5.74, 6) is 15.7. The first-order valence-electron chi connectivity index (χ1n) is 8.35. The van der Waals surface area contributed by atoms with Gasteiger partial charge in [0, 0.05) is 4.91 Å². The smallest absolute Gasteiger partial charge is 0.574 e. The Balaban J connectivity index is 0.000000464. The van der Waals surface area contributed by atoms with Crippen molar-refractivity contribution in [2.45, 2.75) is 0 Å². The summed E-state index contributed by atoms with van der Waals surface area (Å²) >= 11 is 0. The van der Waals surface area contributed by atoms with E-state index < -0.39 is 0 Å². The monoisotopic (exact) mass is 525 g/mol. The molecular weight excluding hydrogens is 506 g/mol. The van der Waals surface area contributed by atoms with Crippen molar-refractivity contribution in [1.82, 2.24) is 59.8 Å². The lowest BCUT2D eigenvalue weighted by atomic mass is 11.0. The van der Waals surface area contributed by atoms with Gasteiger partial charge in [-0.2, -0.15) is 14.3 Å². The highest BCUT2D eigenvalue weighted by molar-refractivity contribution is 5.33. The lowest BCUT2D eigenvalue weighted by Gasteiger charge is -1.94. The number of aromatic amines is 1. The third-order valence-electron chi connectivity index (χ3n) is 3.04. The van der Waals surface area contributed by atoms with E-state index in [2.05, 4.69) is 66.1 Å². The second-order valence-corrected chi connectivity index (χ2v) is 5.28. The molecule has 29 heteroatoms. The SMILES string of the molecule is N#[N+]c1nnc(N)n1N.Nc1nnc(N)n1N.Nc1nnc(NN=O)n1N.[N-]=[N+]=Nc1nc(N)n[nH]1.[OH-]. The molecule has 0 saturated carbocycles. The minimum Gasteiger partial charge on any atom is -0.870 e. The second kappa shape index (κ2) is 14.2. The van der Waals surface area contributed by atoms with Crippen molar-refractivity contribution < 1.29 is 5.48 Å². The zero-order valence-electron chi connectivity index (χ0n) is 18.1. The highest BCUT2D eigenvalue weighted by Gasteiger charge is 2.17. The number of nitrogens with one attached hydrogen (secondary N) is 2. The number of H-pyrrole nitrogens is 1. The number of nitrogens with two attached hydrogens (primary N) is 8. The highest BCUT2D eigenvalue weighted by atomic mass is 16.3. The van der Waals surface area contributed by atoms with Gasteiger partial charge in [0.25, 0.3) is 5.95 Å². The number of hydrogen-bond acceptors (Lipinski definition) is 21. The molecule has 29 nitrogen and oxygen atoms in total. The van der Waals surface area contributed by atoms with Crippen LogP contribution in [0.15, 0.2) is 10.4 Å². The topological polar surface area (TPSA) is 490 Å². The van der Waals surface area contributed by atoms with E-state index in [1.807, 2.05) is 5.43 Å². The Hall–Kier alpha value is -6.95. The Morgan fingerprint density at radius 2 is 1.38 bits per heavy atom. The fraction of sp³-hybridized carbons (Fsp3) is 0. The van der Waals surface area contributed by atoms with Crippen molar-refractivity contribution in [2.24, 2.45) is 10.4 Å². The molecule has 4 aromatic rings. The summed E-state index contributed by atoms with van der Waals surface area (Å²) in [7, 11) is 0. The standard InChI is InChI=1S/C2H5N7O.C2H4N7.C2H3N7.C2H6N6.H2O/c3-1-5-6-2(7-8-10)9(1)4;3-1-7-8-2(6-4)9(1)5;3-1-5-2(7-6-1)8-9-4;3-1-6-7-2(4)8(1)5;/h4H2,(H2,3,5)(H,6,7,10);5H2,(H2,3,7);(H3,3,5,6,7);5H2,(H2,3,6)(H2,4,7);1H2/q;+1;;;/p-1. The van der Waals surface area contributed by atoms with Gasteiger partial charge >= 0.3 is 11.9 Å². The van der Waals surface area contributed by atoms with E-state index in [0.29, 0.717) is 0 Å². The van der Waals surface area contributed by atoms with E-state index in [-0.39, 0.29) is 53.1 Å². The molecule has 0 radical (unpaired) electrons. The third-order valence-corrected chi connectivity index (χ3v) is 3.04. The van der Waals surface area contributed by atoms with Gasteiger partial charge in [0.15, 0.2) is 0 Å². The van der Waals surface area contributed by atoms with Crippen LogP contribution in [-0.4, -0.2) is 65.3 Å². The van der Waals surface area contributed by atoms with Crippen LogP contribution in [0.5, 0.6) is 0 Å². The van der Waals surface area contributed by atoms with Gasteiger partial charge in [-0.1, -0.05) is 4.68 Å². The van der Waals surface area contributed by atoms with E-state index >= 15 is 0 Å². The summed E-state index contributed by atoms with van der Waals surface area (Å²) in [6, 6.07) is 0. The average molecular weight is 525 g/mol. The molecule has 37 heavy (non-hydrogen) atoms. The van der Waals surface area contributed by atoms with Gasteiger partial charge in [-0.3, -0.25) is 10.9 Å². The van der Waals surface area contributed by atoms with Gasteiger partial charge < -0.3 is 45.8 Å². The van der Waals surface area contributed by atoms with Gasteiger partial charge in [-0.25, -0.2) is 5.43 Å². The molecule has 0 aliphatic heterocycles. The maximum absolute atomic E-state index is 9.60. The van der Waals surface area contributed by atoms with E-state index in [1.54, 1.807) is 0 Å². The Labute approximate surface area is 201 Å². The fourth-order valence-electron chi connectivity index (χ4n) is 1.45. The van der Waals surface area contributed by atoms with Crippen molar-refractivity contribution in [3.63, 3.8) is 0 Å². The molecule has 0 fully saturated rings. The number of anilines is 6. The van der Waals surface area contributed by atoms with Crippen LogP contribution in [0.1, 0.15) is 0 Å². The molecular formula is C8H19N27O2. The summed E-state index contributed by atoms with van der Waals surface area (Å²) in [5, 5.41) is 39.2. The van der Waals surface area contributed by atoms with Crippen molar-refractivity contribution in [3.8, 4) is 0 Å². The fourth-order valence-corrected chi connectivity index (χ4v) is 1.45. The molecule has 0 unspecified atom stereocenters. The quantitative estimate of drug-likeness (QED) is 0.0232. The summed E-state index contributed by atoms with van der Waals surface area (Å²) in [5.41, 5.74) is 35.4. The molecule has 4 rings (SSSR count). The molecule has 0 bridgehead atoms. The Morgan fingerprint density at radius 1 is 0.865 bits per heavy atom. The molecule has 0 atom stereocenters. The first-order valence-corrected chi connectivity index (χ1v) is 8.35. The van der Waals surface area contributed by atoms with Crippen molar-refractivity contribution in [1.29, 1.82) is 5.39 Å². The molecule has 198 valence electrons. The van der Waals surface area contributed by atoms with Crippen LogP contribution in [-0.2, 0) is 0 Å². The Morgan fingerprint density at radius 3 is 1.68 bits per heavy atom. The van der Waals surface area contributed by atoms with Crippen LogP contribution >= 0.6 is 0 Å². The van der Waals surface area contributed by atoms with Gasteiger partial charge in [0.2, 0.25) is 29.7 Å². The molecule has 4 heterocycles. The lowest BCUT2D eigenvalue weighted by molar-refractivity contribution is 0.824. The second-order valence-electron chi connectivity index (χ2n) is 5.28. The summed E-state index contributed by atoms with van der Waals surface area (Å²) in [6.45, 7) is 0. The van der Waals surface area contributed by atoms with Gasteiger partial charge in [-0.05, 0) is 20.7 Å². The van der Waals surface area contributed by atoms with Gasteiger partial charge in [-0.15, -0.1) is 30.4 Å². The van der Waals surface area contributed by atoms with Crippen LogP contribution in [0.25, 0.3) is 15.4 Å². The van der Waals surface area contributed by atoms with Crippen LogP contribution in [0.2, 0.25) is 0 Å². The maximum Gasteiger partial charge on any atom is 0.574 e. The van der Waals surface area contributed by atoms with E-state index in [4.69, 9.17) is 57.1 Å². The molecule has 0 amide bonds. The Bertz CT molecular complexity index is 1320. The lowest BCUT2D eigenvalue weighted by Crippen LogP contribution is -2.14. The molecule has 0 aromatic carbocycles. The third kappa shape index (κ3) is 8.83. The average Bonchev–Trinajstić information content (AvgIpc) is 3.59. The first-order chi connectivity index (χ1) is 17.0. The van der Waals surface area contributed by atoms with Crippen molar-refractivity contribution in [2.75, 3.05) is 51.6 Å².